The summed E-state index contributed by atoms with van der Waals surface area (Å²) in [4.78, 5) is 0. The lowest BCUT2D eigenvalue weighted by molar-refractivity contribution is 0.864. The maximum Gasteiger partial charge on any atom is -0.00236 e. The van der Waals surface area contributed by atoms with Gasteiger partial charge < -0.3 is 0 Å². The van der Waals surface area contributed by atoms with Gasteiger partial charge in [-0.15, -0.1) is 0 Å². The molecule has 0 saturated carbocycles. The Morgan fingerprint density at radius 1 is 0.737 bits per heavy atom. The van der Waals surface area contributed by atoms with Crippen LogP contribution in [0.1, 0.15) is 16.7 Å². The summed E-state index contributed by atoms with van der Waals surface area (Å²) in [5.41, 5.74) is 4.57. The quantitative estimate of drug-likeness (QED) is 0.381. The standard InChI is InChI=1S/C19H14/c1-11-9-13-6-5-12-3-2-4-16-14-7-8-15(14)17(10-11)19(13)18(12)16/h2-6,9-10H,7-8H2,1H3. The summed E-state index contributed by atoms with van der Waals surface area (Å²) in [6, 6.07) is 16.0. The van der Waals surface area contributed by atoms with E-state index in [-0.39, 0.29) is 0 Å². The lowest BCUT2D eigenvalue weighted by Crippen LogP contribution is -2.10. The van der Waals surface area contributed by atoms with Crippen molar-refractivity contribution in [3.8, 4) is 0 Å². The highest BCUT2D eigenvalue weighted by molar-refractivity contribution is 6.25. The number of hydrogen-bond donors (Lipinski definition) is 0. The Hall–Kier alpha value is -2.08. The molecule has 0 amide bonds. The van der Waals surface area contributed by atoms with Gasteiger partial charge >= 0.3 is 0 Å². The van der Waals surface area contributed by atoms with Crippen molar-refractivity contribution in [2.45, 2.75) is 19.8 Å². The number of benzene rings is 4. The molecule has 0 fully saturated rings. The molecule has 0 aliphatic heterocycles. The fourth-order valence-corrected chi connectivity index (χ4v) is 3.85. The lowest BCUT2D eigenvalue weighted by Gasteiger charge is -2.26. The van der Waals surface area contributed by atoms with Crippen molar-refractivity contribution in [2.75, 3.05) is 0 Å². The number of rotatable bonds is 0. The number of fused-ring (bicyclic) bond motifs is 3. The summed E-state index contributed by atoms with van der Waals surface area (Å²) >= 11 is 0. The molecule has 0 heterocycles. The fraction of sp³-hybridized carbons (Fsp3) is 0.158. The van der Waals surface area contributed by atoms with Gasteiger partial charge in [0.25, 0.3) is 0 Å². The normalized spacial score (nSPS) is 14.2. The first-order valence-electron chi connectivity index (χ1n) is 7.02. The molecule has 5 rings (SSSR count). The molecule has 0 nitrogen and oxygen atoms in total. The largest absolute Gasteiger partial charge is 0.0610 e. The Kier molecular flexibility index (Phi) is 1.59. The highest BCUT2D eigenvalue weighted by atomic mass is 14.3. The van der Waals surface area contributed by atoms with Crippen LogP contribution in [0.5, 0.6) is 0 Å². The summed E-state index contributed by atoms with van der Waals surface area (Å²) in [5.74, 6) is 0. The Morgan fingerprint density at radius 2 is 1.47 bits per heavy atom. The Labute approximate surface area is 112 Å². The van der Waals surface area contributed by atoms with Crippen LogP contribution in [0.15, 0.2) is 42.5 Å². The first kappa shape index (κ1) is 9.80. The van der Waals surface area contributed by atoms with Crippen LogP contribution in [0.3, 0.4) is 0 Å². The van der Waals surface area contributed by atoms with Crippen molar-refractivity contribution in [3.63, 3.8) is 0 Å². The molecule has 0 radical (unpaired) electrons. The second kappa shape index (κ2) is 3.08. The van der Waals surface area contributed by atoms with Gasteiger partial charge in [0.2, 0.25) is 0 Å². The first-order chi connectivity index (χ1) is 9.33. The Balaban J connectivity index is 2.25. The van der Waals surface area contributed by atoms with E-state index in [1.807, 2.05) is 0 Å². The minimum Gasteiger partial charge on any atom is -0.0610 e. The van der Waals surface area contributed by atoms with Crippen LogP contribution < -0.4 is 0 Å². The van der Waals surface area contributed by atoms with Crippen molar-refractivity contribution in [2.24, 2.45) is 0 Å². The van der Waals surface area contributed by atoms with Gasteiger partial charge in [0.15, 0.2) is 0 Å². The summed E-state index contributed by atoms with van der Waals surface area (Å²) in [7, 11) is 0. The van der Waals surface area contributed by atoms with Gasteiger partial charge in [0.05, 0.1) is 0 Å². The zero-order chi connectivity index (χ0) is 12.6. The minimum absolute atomic E-state index is 1.25. The lowest BCUT2D eigenvalue weighted by atomic mass is 9.78. The van der Waals surface area contributed by atoms with E-state index < -0.39 is 0 Å². The van der Waals surface area contributed by atoms with E-state index in [0.29, 0.717) is 0 Å². The van der Waals surface area contributed by atoms with Crippen LogP contribution in [-0.4, -0.2) is 0 Å². The third kappa shape index (κ3) is 1.06. The van der Waals surface area contributed by atoms with E-state index in [9.17, 15) is 0 Å². The average molecular weight is 242 g/mol. The van der Waals surface area contributed by atoms with Gasteiger partial charge in [-0.25, -0.2) is 0 Å². The molecular formula is C19H14. The molecule has 0 atom stereocenters. The van der Waals surface area contributed by atoms with Crippen LogP contribution in [0.25, 0.3) is 32.3 Å². The third-order valence-corrected chi connectivity index (χ3v) is 4.74. The monoisotopic (exact) mass is 242 g/mol. The van der Waals surface area contributed by atoms with E-state index >= 15 is 0 Å². The van der Waals surface area contributed by atoms with Crippen LogP contribution in [-0.2, 0) is 12.8 Å². The molecule has 4 aromatic rings. The Bertz CT molecular complexity index is 960. The van der Waals surface area contributed by atoms with E-state index in [1.165, 1.54) is 50.7 Å². The molecule has 0 N–H and O–H groups in total. The highest BCUT2D eigenvalue weighted by Crippen LogP contribution is 2.43. The van der Waals surface area contributed by atoms with Gasteiger partial charge in [0.1, 0.15) is 0 Å². The number of hydrogen-bond acceptors (Lipinski definition) is 0. The molecule has 1 aliphatic rings. The molecule has 90 valence electrons. The smallest absolute Gasteiger partial charge is 0.00236 e. The molecule has 1 aliphatic carbocycles. The molecule has 0 unspecified atom stereocenters. The van der Waals surface area contributed by atoms with Crippen molar-refractivity contribution in [1.29, 1.82) is 0 Å². The summed E-state index contributed by atoms with van der Waals surface area (Å²) in [6.07, 6.45) is 2.50. The van der Waals surface area contributed by atoms with Gasteiger partial charge in [-0.3, -0.25) is 0 Å². The van der Waals surface area contributed by atoms with E-state index in [4.69, 9.17) is 0 Å². The van der Waals surface area contributed by atoms with E-state index in [1.54, 1.807) is 11.1 Å². The topological polar surface area (TPSA) is 0 Å². The van der Waals surface area contributed by atoms with E-state index in [0.717, 1.165) is 0 Å². The molecule has 4 aromatic carbocycles. The van der Waals surface area contributed by atoms with Crippen LogP contribution >= 0.6 is 0 Å². The molecule has 0 heteroatoms. The van der Waals surface area contributed by atoms with Crippen LogP contribution in [0, 0.1) is 6.92 Å². The maximum atomic E-state index is 2.38. The molecule has 0 saturated heterocycles. The second-order valence-corrected chi connectivity index (χ2v) is 5.84. The molecule has 0 spiro atoms. The summed E-state index contributed by atoms with van der Waals surface area (Å²) in [6.45, 7) is 2.21. The van der Waals surface area contributed by atoms with Gasteiger partial charge in [0, 0.05) is 0 Å². The summed E-state index contributed by atoms with van der Waals surface area (Å²) < 4.78 is 0. The van der Waals surface area contributed by atoms with Crippen molar-refractivity contribution in [1.82, 2.24) is 0 Å². The zero-order valence-corrected chi connectivity index (χ0v) is 11.0. The van der Waals surface area contributed by atoms with Crippen molar-refractivity contribution >= 4 is 32.3 Å². The SMILES string of the molecule is Cc1cc2ccc3cccc4c5c(c(c1)c2c34)CC5. The maximum absolute atomic E-state index is 2.38. The Morgan fingerprint density at radius 3 is 2.32 bits per heavy atom. The molecule has 0 aromatic heterocycles. The highest BCUT2D eigenvalue weighted by Gasteiger charge is 2.22. The average Bonchev–Trinajstić information content (AvgIpc) is 2.36. The number of aryl methyl sites for hydroxylation is 3. The predicted molar refractivity (Wildman–Crippen MR) is 82.3 cm³/mol. The van der Waals surface area contributed by atoms with Crippen molar-refractivity contribution in [3.05, 3.63) is 59.2 Å². The van der Waals surface area contributed by atoms with Gasteiger partial charge in [-0.05, 0) is 68.8 Å². The first-order valence-corrected chi connectivity index (χ1v) is 7.02. The van der Waals surface area contributed by atoms with Crippen LogP contribution in [0.2, 0.25) is 0 Å². The molecule has 19 heavy (non-hydrogen) atoms. The van der Waals surface area contributed by atoms with Gasteiger partial charge in [-0.2, -0.15) is 0 Å². The van der Waals surface area contributed by atoms with Crippen molar-refractivity contribution < 1.29 is 0 Å². The molecular weight excluding hydrogens is 228 g/mol. The minimum atomic E-state index is 1.25. The predicted octanol–water partition coefficient (Wildman–Crippen LogP) is 4.99. The fourth-order valence-electron chi connectivity index (χ4n) is 3.85. The zero-order valence-electron chi connectivity index (χ0n) is 11.0. The summed E-state index contributed by atoms with van der Waals surface area (Å²) in [5, 5.41) is 8.73. The van der Waals surface area contributed by atoms with E-state index in [2.05, 4.69) is 49.4 Å². The second-order valence-electron chi connectivity index (χ2n) is 5.84. The van der Waals surface area contributed by atoms with Crippen LogP contribution in [0.4, 0.5) is 0 Å². The molecule has 0 bridgehead atoms. The van der Waals surface area contributed by atoms with Gasteiger partial charge in [-0.1, -0.05) is 42.5 Å². The third-order valence-electron chi connectivity index (χ3n) is 4.74.